The lowest BCUT2D eigenvalue weighted by Gasteiger charge is -2.26. The maximum atomic E-state index is 11.6. The molecule has 1 fully saturated rings. The molecule has 0 radical (unpaired) electrons. The minimum absolute atomic E-state index is 0. The van der Waals surface area contributed by atoms with E-state index in [1.165, 1.54) is 0 Å². The van der Waals surface area contributed by atoms with E-state index in [9.17, 15) is 9.90 Å². The van der Waals surface area contributed by atoms with Crippen molar-refractivity contribution < 1.29 is 14.4 Å². The first-order chi connectivity index (χ1) is 10.6. The summed E-state index contributed by atoms with van der Waals surface area (Å²) in [6.45, 7) is 0. The second-order valence-electron chi connectivity index (χ2n) is 5.66. The first-order valence-electron chi connectivity index (χ1n) is 7.45. The average molecular weight is 338 g/mol. The first-order valence-corrected chi connectivity index (χ1v) is 7.45. The second kappa shape index (κ2) is 7.48. The van der Waals surface area contributed by atoms with Crippen LogP contribution in [0.4, 0.5) is 5.82 Å². The number of hydrogen-bond donors (Lipinski definition) is 3. The van der Waals surface area contributed by atoms with Gasteiger partial charge >= 0.3 is 5.97 Å². The quantitative estimate of drug-likeness (QED) is 0.792. The number of rotatable bonds is 4. The molecule has 3 rings (SSSR count). The highest BCUT2D eigenvalue weighted by atomic mass is 35.5. The molecule has 0 spiro atoms. The molecular formula is C16H20ClN3O3. The number of carbonyl (C=O) groups is 1. The highest BCUT2D eigenvalue weighted by molar-refractivity contribution is 5.99. The molecule has 7 heteroatoms. The minimum Gasteiger partial charge on any atom is -0.477 e. The Hall–Kier alpha value is -2.05. The molecule has 0 bridgehead atoms. The van der Waals surface area contributed by atoms with Gasteiger partial charge in [-0.25, -0.2) is 4.79 Å². The summed E-state index contributed by atoms with van der Waals surface area (Å²) in [7, 11) is 0. The van der Waals surface area contributed by atoms with E-state index in [-0.39, 0.29) is 35.8 Å². The smallest absolute Gasteiger partial charge is 0.343 e. The highest BCUT2D eigenvalue weighted by Gasteiger charge is 2.26. The number of hydrogen-bond acceptors (Lipinski definition) is 5. The lowest BCUT2D eigenvalue weighted by molar-refractivity contribution is 0.0698. The Morgan fingerprint density at radius 1 is 1.22 bits per heavy atom. The molecule has 0 atom stereocenters. The molecule has 6 nitrogen and oxygen atoms in total. The standard InChI is InChI=1S/C16H19N3O3.ClH/c17-11-6-8-12(9-7-11)18-15-13(16(20)21)14(22-19-15)10-4-2-1-3-5-10;/h1-5,11-12H,6-9,17H2,(H,18,19)(H,20,21);1H. The molecule has 1 aromatic carbocycles. The summed E-state index contributed by atoms with van der Waals surface area (Å²) in [5.74, 6) is -0.468. The first kappa shape index (κ1) is 17.3. The van der Waals surface area contributed by atoms with E-state index >= 15 is 0 Å². The van der Waals surface area contributed by atoms with Gasteiger partial charge in [0.1, 0.15) is 0 Å². The number of nitrogens with one attached hydrogen (secondary N) is 1. The van der Waals surface area contributed by atoms with E-state index in [1.807, 2.05) is 18.2 Å². The van der Waals surface area contributed by atoms with E-state index in [1.54, 1.807) is 12.1 Å². The Balaban J connectivity index is 0.00000192. The fourth-order valence-corrected chi connectivity index (χ4v) is 2.83. The minimum atomic E-state index is -1.05. The Labute approximate surface area is 140 Å². The van der Waals surface area contributed by atoms with Crippen molar-refractivity contribution in [3.05, 3.63) is 35.9 Å². The van der Waals surface area contributed by atoms with E-state index in [4.69, 9.17) is 10.3 Å². The molecule has 0 amide bonds. The van der Waals surface area contributed by atoms with Gasteiger partial charge < -0.3 is 20.7 Å². The van der Waals surface area contributed by atoms with Gasteiger partial charge in [0.2, 0.25) is 0 Å². The fourth-order valence-electron chi connectivity index (χ4n) is 2.83. The number of nitrogens with zero attached hydrogens (tertiary/aromatic N) is 1. The number of anilines is 1. The summed E-state index contributed by atoms with van der Waals surface area (Å²) < 4.78 is 5.29. The van der Waals surface area contributed by atoms with Crippen LogP contribution in [0, 0.1) is 0 Å². The zero-order valence-electron chi connectivity index (χ0n) is 12.6. The maximum absolute atomic E-state index is 11.6. The highest BCUT2D eigenvalue weighted by Crippen LogP contribution is 2.31. The van der Waals surface area contributed by atoms with E-state index in [0.29, 0.717) is 11.4 Å². The summed E-state index contributed by atoms with van der Waals surface area (Å²) in [5, 5.41) is 16.6. The van der Waals surface area contributed by atoms with E-state index in [2.05, 4.69) is 10.5 Å². The summed E-state index contributed by atoms with van der Waals surface area (Å²) in [6.07, 6.45) is 3.69. The van der Waals surface area contributed by atoms with Crippen molar-refractivity contribution in [2.75, 3.05) is 5.32 Å². The van der Waals surface area contributed by atoms with Crippen LogP contribution in [0.25, 0.3) is 11.3 Å². The molecule has 0 aliphatic heterocycles. The average Bonchev–Trinajstić information content (AvgIpc) is 2.94. The summed E-state index contributed by atoms with van der Waals surface area (Å²) in [4.78, 5) is 11.6. The van der Waals surface area contributed by atoms with Crippen LogP contribution in [0.1, 0.15) is 36.0 Å². The summed E-state index contributed by atoms with van der Waals surface area (Å²) in [5.41, 5.74) is 6.68. The largest absolute Gasteiger partial charge is 0.477 e. The van der Waals surface area contributed by atoms with Crippen LogP contribution < -0.4 is 11.1 Å². The second-order valence-corrected chi connectivity index (χ2v) is 5.66. The fraction of sp³-hybridized carbons (Fsp3) is 0.375. The molecule has 1 saturated carbocycles. The van der Waals surface area contributed by atoms with Crippen LogP contribution in [0.15, 0.2) is 34.9 Å². The van der Waals surface area contributed by atoms with Gasteiger partial charge in [-0.05, 0) is 25.7 Å². The third-order valence-corrected chi connectivity index (χ3v) is 4.05. The maximum Gasteiger partial charge on any atom is 0.343 e. The van der Waals surface area contributed by atoms with Crippen molar-refractivity contribution in [3.63, 3.8) is 0 Å². The Morgan fingerprint density at radius 2 is 1.87 bits per heavy atom. The van der Waals surface area contributed by atoms with Crippen molar-refractivity contribution in [2.24, 2.45) is 5.73 Å². The van der Waals surface area contributed by atoms with Gasteiger partial charge in [0.15, 0.2) is 17.1 Å². The normalized spacial score (nSPS) is 20.6. The number of benzene rings is 1. The van der Waals surface area contributed by atoms with Crippen LogP contribution in [-0.4, -0.2) is 28.3 Å². The molecule has 0 unspecified atom stereocenters. The third-order valence-electron chi connectivity index (χ3n) is 4.05. The van der Waals surface area contributed by atoms with Gasteiger partial charge in [-0.15, -0.1) is 12.4 Å². The van der Waals surface area contributed by atoms with Gasteiger partial charge in [-0.1, -0.05) is 35.5 Å². The zero-order valence-corrected chi connectivity index (χ0v) is 13.4. The number of carboxylic acids is 1. The number of aromatic carboxylic acids is 1. The summed E-state index contributed by atoms with van der Waals surface area (Å²) >= 11 is 0. The lowest BCUT2D eigenvalue weighted by atomic mass is 9.92. The number of nitrogens with two attached hydrogens (primary N) is 1. The van der Waals surface area contributed by atoms with Gasteiger partial charge in [0, 0.05) is 17.6 Å². The molecule has 1 aromatic heterocycles. The van der Waals surface area contributed by atoms with E-state index < -0.39 is 5.97 Å². The molecule has 1 aliphatic rings. The van der Waals surface area contributed by atoms with Crippen molar-refractivity contribution >= 4 is 24.2 Å². The Bertz CT molecular complexity index is 652. The zero-order chi connectivity index (χ0) is 15.5. The molecule has 0 saturated heterocycles. The van der Waals surface area contributed by atoms with Gasteiger partial charge in [-0.2, -0.15) is 0 Å². The van der Waals surface area contributed by atoms with Crippen LogP contribution in [0.5, 0.6) is 0 Å². The van der Waals surface area contributed by atoms with Gasteiger partial charge in [0.25, 0.3) is 0 Å². The van der Waals surface area contributed by atoms with Crippen LogP contribution in [0.3, 0.4) is 0 Å². The van der Waals surface area contributed by atoms with Crippen molar-refractivity contribution in [2.45, 2.75) is 37.8 Å². The number of halogens is 1. The monoisotopic (exact) mass is 337 g/mol. The van der Waals surface area contributed by atoms with E-state index in [0.717, 1.165) is 25.7 Å². The van der Waals surface area contributed by atoms with Crippen LogP contribution >= 0.6 is 12.4 Å². The number of aromatic nitrogens is 1. The van der Waals surface area contributed by atoms with Crippen molar-refractivity contribution in [3.8, 4) is 11.3 Å². The molecule has 1 aliphatic carbocycles. The van der Waals surface area contributed by atoms with Crippen molar-refractivity contribution in [1.29, 1.82) is 0 Å². The molecule has 23 heavy (non-hydrogen) atoms. The molecule has 4 N–H and O–H groups in total. The lowest BCUT2D eigenvalue weighted by Crippen LogP contribution is -2.33. The molecule has 2 aromatic rings. The van der Waals surface area contributed by atoms with Gasteiger partial charge in [0.05, 0.1) is 0 Å². The molecule has 124 valence electrons. The third kappa shape index (κ3) is 3.83. The summed E-state index contributed by atoms with van der Waals surface area (Å²) in [6, 6.07) is 9.57. The Morgan fingerprint density at radius 3 is 2.48 bits per heavy atom. The van der Waals surface area contributed by atoms with Crippen LogP contribution in [0.2, 0.25) is 0 Å². The predicted molar refractivity (Wildman–Crippen MR) is 90.0 cm³/mol. The predicted octanol–water partition coefficient (Wildman–Crippen LogP) is 3.14. The van der Waals surface area contributed by atoms with Crippen molar-refractivity contribution in [1.82, 2.24) is 5.16 Å². The Kier molecular flexibility index (Phi) is 5.63. The van der Waals surface area contributed by atoms with Crippen LogP contribution in [-0.2, 0) is 0 Å². The topological polar surface area (TPSA) is 101 Å². The SMILES string of the molecule is Cl.NC1CCC(Nc2noc(-c3ccccc3)c2C(=O)O)CC1. The van der Waals surface area contributed by atoms with Gasteiger partial charge in [-0.3, -0.25) is 0 Å². The molecular weight excluding hydrogens is 318 g/mol. The molecule has 1 heterocycles. The number of carboxylic acid groups (broad SMARTS) is 1.